The molecule has 0 amide bonds. The van der Waals surface area contributed by atoms with Gasteiger partial charge in [0, 0.05) is 11.9 Å². The van der Waals surface area contributed by atoms with Crippen molar-refractivity contribution < 1.29 is 27.0 Å². The van der Waals surface area contributed by atoms with E-state index in [1.807, 2.05) is 6.08 Å². The Morgan fingerprint density at radius 1 is 1.60 bits per heavy atom. The molecule has 0 aliphatic heterocycles. The van der Waals surface area contributed by atoms with Gasteiger partial charge in [-0.05, 0) is 19.3 Å². The van der Waals surface area contributed by atoms with Crippen LogP contribution in [0.2, 0.25) is 0 Å². The van der Waals surface area contributed by atoms with E-state index in [4.69, 9.17) is 0 Å². The molecule has 0 fully saturated rings. The Morgan fingerprint density at radius 2 is 2.30 bits per heavy atom. The van der Waals surface area contributed by atoms with Crippen LogP contribution in [-0.4, -0.2) is 5.97 Å². The van der Waals surface area contributed by atoms with Crippen LogP contribution in [0.5, 0.6) is 0 Å². The summed E-state index contributed by atoms with van der Waals surface area (Å²) < 4.78 is 0. The Balaban J connectivity index is 0.000000810. The predicted molar refractivity (Wildman–Crippen MR) is 31.5 cm³/mol. The molecule has 2 nitrogen and oxygen atoms in total. The first kappa shape index (κ1) is 9.73. The average molecular weight is 189 g/mol. The second-order valence-electron chi connectivity index (χ2n) is 2.28. The maximum absolute atomic E-state index is 10.2. The van der Waals surface area contributed by atoms with E-state index < -0.39 is 5.97 Å². The molecule has 10 heavy (non-hydrogen) atoms. The third-order valence-electron chi connectivity index (χ3n) is 1.56. The van der Waals surface area contributed by atoms with Crippen molar-refractivity contribution in [2.75, 3.05) is 0 Å². The molecule has 1 radical (unpaired) electrons. The molecule has 3 heteroatoms. The van der Waals surface area contributed by atoms with E-state index in [-0.39, 0.29) is 23.0 Å². The van der Waals surface area contributed by atoms with Crippen LogP contribution in [0.1, 0.15) is 19.3 Å². The zero-order valence-corrected chi connectivity index (χ0v) is 6.41. The van der Waals surface area contributed by atoms with Crippen molar-refractivity contribution in [3.05, 3.63) is 12.2 Å². The smallest absolute Gasteiger partial charge is 0.550 e. The van der Waals surface area contributed by atoms with Gasteiger partial charge < -0.3 is 9.90 Å². The standard InChI is InChI=1S/C7H10O2.Cu/c8-7(9)6-4-2-1-3-5-6;/h2,4,6H,1,3,5H2,(H,8,9);/q;+2/p-1. The minimum absolute atomic E-state index is 0. The summed E-state index contributed by atoms with van der Waals surface area (Å²) in [5.41, 5.74) is 0. The van der Waals surface area contributed by atoms with Crippen LogP contribution < -0.4 is 5.11 Å². The Labute approximate surface area is 70.8 Å². The largest absolute Gasteiger partial charge is 2.00 e. The first-order chi connectivity index (χ1) is 4.30. The van der Waals surface area contributed by atoms with Gasteiger partial charge in [0.1, 0.15) is 0 Å². The quantitative estimate of drug-likeness (QED) is 0.432. The molecule has 1 aliphatic rings. The molecule has 1 rings (SSSR count). The maximum Gasteiger partial charge on any atom is 2.00 e. The normalized spacial score (nSPS) is 23.4. The van der Waals surface area contributed by atoms with Crippen LogP contribution in [-0.2, 0) is 21.9 Å². The molecular formula is C7H9CuO2+. The second kappa shape index (κ2) is 4.53. The number of aliphatic carboxylic acids is 1. The van der Waals surface area contributed by atoms with Gasteiger partial charge in [-0.1, -0.05) is 12.2 Å². The van der Waals surface area contributed by atoms with Crippen molar-refractivity contribution in [2.45, 2.75) is 19.3 Å². The third kappa shape index (κ3) is 2.54. The summed E-state index contributed by atoms with van der Waals surface area (Å²) in [5, 5.41) is 10.2. The SMILES string of the molecule is O=C([O-])C1C=CCCC1.[Cu+2]. The van der Waals surface area contributed by atoms with Gasteiger partial charge in [0.25, 0.3) is 0 Å². The molecule has 1 aliphatic carbocycles. The number of carbonyl (C=O) groups is 1. The first-order valence-corrected chi connectivity index (χ1v) is 3.18. The van der Waals surface area contributed by atoms with E-state index in [2.05, 4.69) is 0 Å². The zero-order chi connectivity index (χ0) is 6.69. The summed E-state index contributed by atoms with van der Waals surface area (Å²) in [4.78, 5) is 10.2. The Hall–Kier alpha value is -0.271. The maximum atomic E-state index is 10.2. The molecule has 0 aromatic rings. The molecule has 1 unspecified atom stereocenters. The summed E-state index contributed by atoms with van der Waals surface area (Å²) in [7, 11) is 0. The molecule has 0 spiro atoms. The Bertz CT molecular complexity index is 143. The minimum atomic E-state index is -0.939. The van der Waals surface area contributed by atoms with Crippen LogP contribution in [0.4, 0.5) is 0 Å². The van der Waals surface area contributed by atoms with Gasteiger partial charge >= 0.3 is 17.1 Å². The van der Waals surface area contributed by atoms with Gasteiger partial charge in [0.2, 0.25) is 0 Å². The van der Waals surface area contributed by atoms with Crippen molar-refractivity contribution in [3.63, 3.8) is 0 Å². The second-order valence-corrected chi connectivity index (χ2v) is 2.28. The van der Waals surface area contributed by atoms with E-state index in [0.717, 1.165) is 19.3 Å². The molecule has 59 valence electrons. The van der Waals surface area contributed by atoms with Crippen LogP contribution in [0.15, 0.2) is 12.2 Å². The van der Waals surface area contributed by atoms with Gasteiger partial charge in [0.15, 0.2) is 0 Å². The molecule has 0 aromatic heterocycles. The Morgan fingerprint density at radius 3 is 2.60 bits per heavy atom. The van der Waals surface area contributed by atoms with Crippen LogP contribution in [0.25, 0.3) is 0 Å². The van der Waals surface area contributed by atoms with Gasteiger partial charge in [-0.15, -0.1) is 0 Å². The molecular weight excluding hydrogens is 180 g/mol. The number of carboxylic acid groups (broad SMARTS) is 1. The van der Waals surface area contributed by atoms with Crippen molar-refractivity contribution in [3.8, 4) is 0 Å². The van der Waals surface area contributed by atoms with Gasteiger partial charge in [-0.3, -0.25) is 0 Å². The van der Waals surface area contributed by atoms with E-state index in [0.29, 0.717) is 0 Å². The number of hydrogen-bond acceptors (Lipinski definition) is 2. The number of hydrogen-bond donors (Lipinski definition) is 0. The predicted octanol–water partition coefficient (Wildman–Crippen LogP) is 0.0901. The zero-order valence-electron chi connectivity index (χ0n) is 5.47. The third-order valence-corrected chi connectivity index (χ3v) is 1.56. The fourth-order valence-corrected chi connectivity index (χ4v) is 1.01. The van der Waals surface area contributed by atoms with Crippen molar-refractivity contribution in [2.24, 2.45) is 5.92 Å². The summed E-state index contributed by atoms with van der Waals surface area (Å²) in [6.45, 7) is 0. The minimum Gasteiger partial charge on any atom is -0.550 e. The first-order valence-electron chi connectivity index (χ1n) is 3.18. The van der Waals surface area contributed by atoms with Gasteiger partial charge in [-0.2, -0.15) is 0 Å². The monoisotopic (exact) mass is 188 g/mol. The van der Waals surface area contributed by atoms with E-state index in [9.17, 15) is 9.90 Å². The number of allylic oxidation sites excluding steroid dienone is 1. The van der Waals surface area contributed by atoms with Gasteiger partial charge in [-0.25, -0.2) is 0 Å². The van der Waals surface area contributed by atoms with Crippen LogP contribution >= 0.6 is 0 Å². The Kier molecular flexibility index (Phi) is 4.41. The fraction of sp³-hybridized carbons (Fsp3) is 0.571. The van der Waals surface area contributed by atoms with Crippen molar-refractivity contribution >= 4 is 5.97 Å². The van der Waals surface area contributed by atoms with Gasteiger partial charge in [0.05, 0.1) is 0 Å². The molecule has 0 aromatic carbocycles. The fourth-order valence-electron chi connectivity index (χ4n) is 1.01. The summed E-state index contributed by atoms with van der Waals surface area (Å²) in [6, 6.07) is 0. The van der Waals surface area contributed by atoms with E-state index in [1.165, 1.54) is 0 Å². The molecule has 0 N–H and O–H groups in total. The molecule has 0 heterocycles. The topological polar surface area (TPSA) is 40.1 Å². The number of rotatable bonds is 1. The summed E-state index contributed by atoms with van der Waals surface area (Å²) in [5.74, 6) is -1.26. The molecule has 0 saturated carbocycles. The number of carbonyl (C=O) groups excluding carboxylic acids is 1. The number of carboxylic acids is 1. The van der Waals surface area contributed by atoms with Crippen molar-refractivity contribution in [1.29, 1.82) is 0 Å². The van der Waals surface area contributed by atoms with E-state index >= 15 is 0 Å². The molecule has 0 bridgehead atoms. The van der Waals surface area contributed by atoms with Crippen molar-refractivity contribution in [1.82, 2.24) is 0 Å². The van der Waals surface area contributed by atoms with E-state index in [1.54, 1.807) is 6.08 Å². The summed E-state index contributed by atoms with van der Waals surface area (Å²) >= 11 is 0. The molecule has 1 atom stereocenters. The average Bonchev–Trinajstić information content (AvgIpc) is 1.90. The van der Waals surface area contributed by atoms with Crippen LogP contribution in [0, 0.1) is 5.92 Å². The molecule has 0 saturated heterocycles. The summed E-state index contributed by atoms with van der Waals surface area (Å²) in [6.07, 6.45) is 6.38. The van der Waals surface area contributed by atoms with Crippen LogP contribution in [0.3, 0.4) is 0 Å².